The Morgan fingerprint density at radius 1 is 1.09 bits per heavy atom. The van der Waals surface area contributed by atoms with Gasteiger partial charge in [-0.25, -0.2) is 9.59 Å². The molecule has 7 heteroatoms. The van der Waals surface area contributed by atoms with Gasteiger partial charge in [0.05, 0.1) is 5.56 Å². The molecule has 2 aromatic rings. The van der Waals surface area contributed by atoms with Crippen LogP contribution in [-0.2, 0) is 9.47 Å². The van der Waals surface area contributed by atoms with Crippen molar-refractivity contribution in [1.82, 2.24) is 10.3 Å². The fraction of sp³-hybridized carbons (Fsp3) is 0.0667. The minimum Gasteiger partial charge on any atom is -0.424 e. The highest BCUT2D eigenvalue weighted by Gasteiger charge is 2.10. The molecule has 0 aliphatic heterocycles. The van der Waals surface area contributed by atoms with Crippen molar-refractivity contribution >= 4 is 17.9 Å². The molecule has 1 aromatic heterocycles. The summed E-state index contributed by atoms with van der Waals surface area (Å²) < 4.78 is 9.43. The number of rotatable bonds is 4. The predicted octanol–water partition coefficient (Wildman–Crippen LogP) is 1.75. The quantitative estimate of drug-likeness (QED) is 0.387. The van der Waals surface area contributed by atoms with Gasteiger partial charge in [-0.15, -0.1) is 0 Å². The molecule has 1 amide bonds. The number of nitrogens with zero attached hydrogens (tertiary/aromatic N) is 1. The van der Waals surface area contributed by atoms with Crippen LogP contribution in [0.4, 0.5) is 4.79 Å². The maximum atomic E-state index is 11.6. The molecule has 0 unspecified atom stereocenters. The van der Waals surface area contributed by atoms with Crippen LogP contribution in [0.2, 0.25) is 0 Å². The lowest BCUT2D eigenvalue weighted by Gasteiger charge is -2.08. The van der Waals surface area contributed by atoms with E-state index in [-0.39, 0.29) is 5.84 Å². The van der Waals surface area contributed by atoms with E-state index in [1.807, 2.05) is 0 Å². The van der Waals surface area contributed by atoms with Crippen molar-refractivity contribution < 1.29 is 19.1 Å². The molecule has 0 aliphatic rings. The van der Waals surface area contributed by atoms with Gasteiger partial charge < -0.3 is 9.47 Å². The van der Waals surface area contributed by atoms with Gasteiger partial charge >= 0.3 is 12.1 Å². The molecule has 0 spiro atoms. The van der Waals surface area contributed by atoms with Crippen molar-refractivity contribution in [1.29, 1.82) is 5.41 Å². The highest BCUT2D eigenvalue weighted by atomic mass is 16.7. The first-order chi connectivity index (χ1) is 10.7. The van der Waals surface area contributed by atoms with Crippen molar-refractivity contribution in [3.05, 3.63) is 66.0 Å². The van der Waals surface area contributed by atoms with Gasteiger partial charge in [0.2, 0.25) is 6.79 Å². The van der Waals surface area contributed by atoms with Crippen LogP contribution in [0, 0.1) is 11.5 Å². The molecule has 1 heterocycles. The average Bonchev–Trinajstić information content (AvgIpc) is 2.56. The van der Waals surface area contributed by atoms with E-state index in [0.717, 1.165) is 0 Å². The summed E-state index contributed by atoms with van der Waals surface area (Å²) in [7, 11) is 0. The number of nitrogens with one attached hydrogen (secondary N) is 2. The number of ether oxygens (including phenoxy) is 2. The zero-order chi connectivity index (χ0) is 15.8. The standard InChI is InChI=1S/C15H12N3O4/c16-13(11-4-2-1-3-5-11)18-15(20)22-10-21-14(19)12-6-8-17-9-7-12/h2-9H,10H2,(H2,16,18,20). The third-order valence-electron chi connectivity index (χ3n) is 2.53. The Bertz CT molecular complexity index is 659. The molecule has 0 saturated carbocycles. The molecular formula is C15H12N3O4. The molecule has 0 fully saturated rings. The summed E-state index contributed by atoms with van der Waals surface area (Å²) in [6.45, 7) is -0.553. The molecule has 1 aromatic carbocycles. The largest absolute Gasteiger partial charge is 0.424 e. The number of hydrogen-bond acceptors (Lipinski definition) is 6. The Morgan fingerprint density at radius 2 is 1.77 bits per heavy atom. The normalized spacial score (nSPS) is 9.64. The zero-order valence-electron chi connectivity index (χ0n) is 11.4. The van der Waals surface area contributed by atoms with Gasteiger partial charge in [-0.05, 0) is 18.2 Å². The molecule has 0 saturated heterocycles. The van der Waals surface area contributed by atoms with Gasteiger partial charge in [0.1, 0.15) is 5.84 Å². The molecule has 22 heavy (non-hydrogen) atoms. The Hall–Kier alpha value is -3.22. The van der Waals surface area contributed by atoms with E-state index in [2.05, 4.69) is 21.1 Å². The molecule has 0 aliphatic carbocycles. The van der Waals surface area contributed by atoms with Crippen molar-refractivity contribution in [2.24, 2.45) is 0 Å². The highest BCUT2D eigenvalue weighted by Crippen LogP contribution is 2.00. The number of hydrogen-bond donors (Lipinski definition) is 2. The maximum Gasteiger partial charge on any atom is 0.415 e. The summed E-state index contributed by atoms with van der Waals surface area (Å²) in [4.78, 5) is 26.8. The fourth-order valence-corrected chi connectivity index (χ4v) is 1.47. The molecule has 2 rings (SSSR count). The van der Waals surface area contributed by atoms with Gasteiger partial charge in [0.25, 0.3) is 0 Å². The number of esters is 1. The van der Waals surface area contributed by atoms with Gasteiger partial charge in [0, 0.05) is 18.0 Å². The zero-order valence-corrected chi connectivity index (χ0v) is 11.4. The number of amides is 1. The van der Waals surface area contributed by atoms with E-state index in [1.165, 1.54) is 24.5 Å². The second-order valence-electron chi connectivity index (χ2n) is 4.01. The number of alkyl carbamates (subject to hydrolysis) is 1. The summed E-state index contributed by atoms with van der Waals surface area (Å²) in [5.74, 6) is -0.761. The van der Waals surface area contributed by atoms with Gasteiger partial charge in [-0.3, -0.25) is 15.7 Å². The summed E-state index contributed by atoms with van der Waals surface area (Å²) in [6.07, 6.45) is 2.01. The van der Waals surface area contributed by atoms with Crippen LogP contribution >= 0.6 is 0 Å². The fourth-order valence-electron chi connectivity index (χ4n) is 1.47. The SMILES string of the molecule is N=C(NC(=O)OCOC(=O)c1ccncc1)c1cc[c]cc1. The first-order valence-corrected chi connectivity index (χ1v) is 6.23. The predicted molar refractivity (Wildman–Crippen MR) is 76.2 cm³/mol. The van der Waals surface area contributed by atoms with Crippen molar-refractivity contribution in [2.75, 3.05) is 6.79 Å². The van der Waals surface area contributed by atoms with Crippen molar-refractivity contribution in [2.45, 2.75) is 0 Å². The molecule has 1 radical (unpaired) electrons. The van der Waals surface area contributed by atoms with Crippen LogP contribution < -0.4 is 5.32 Å². The summed E-state index contributed by atoms with van der Waals surface area (Å²) in [5, 5.41) is 9.89. The Morgan fingerprint density at radius 3 is 2.45 bits per heavy atom. The van der Waals surface area contributed by atoms with Crippen LogP contribution in [-0.4, -0.2) is 29.7 Å². The Balaban J connectivity index is 1.74. The smallest absolute Gasteiger partial charge is 0.415 e. The second kappa shape index (κ2) is 7.53. The summed E-state index contributed by atoms with van der Waals surface area (Å²) >= 11 is 0. The topological polar surface area (TPSA) is 101 Å². The first-order valence-electron chi connectivity index (χ1n) is 6.23. The number of pyridine rings is 1. The van der Waals surface area contributed by atoms with Crippen LogP contribution in [0.5, 0.6) is 0 Å². The summed E-state index contributed by atoms with van der Waals surface area (Å²) in [5.41, 5.74) is 0.803. The maximum absolute atomic E-state index is 11.6. The van der Waals surface area contributed by atoms with E-state index in [0.29, 0.717) is 11.1 Å². The van der Waals surface area contributed by atoms with Crippen LogP contribution in [0.25, 0.3) is 0 Å². The third-order valence-corrected chi connectivity index (χ3v) is 2.53. The monoisotopic (exact) mass is 298 g/mol. The number of aromatic nitrogens is 1. The minimum absolute atomic E-state index is 0.125. The Labute approximate surface area is 126 Å². The molecule has 0 atom stereocenters. The van der Waals surface area contributed by atoms with Crippen LogP contribution in [0.3, 0.4) is 0 Å². The van der Waals surface area contributed by atoms with Gasteiger partial charge in [-0.2, -0.15) is 0 Å². The van der Waals surface area contributed by atoms with E-state index < -0.39 is 18.9 Å². The highest BCUT2D eigenvalue weighted by molar-refractivity contribution is 6.04. The van der Waals surface area contributed by atoms with E-state index in [9.17, 15) is 9.59 Å². The minimum atomic E-state index is -0.889. The lowest BCUT2D eigenvalue weighted by molar-refractivity contribution is -0.00116. The van der Waals surface area contributed by atoms with Crippen molar-refractivity contribution in [3.8, 4) is 0 Å². The molecule has 0 bridgehead atoms. The third kappa shape index (κ3) is 4.41. The molecular weight excluding hydrogens is 286 g/mol. The Kier molecular flexibility index (Phi) is 5.20. The van der Waals surface area contributed by atoms with Gasteiger partial charge in [0.15, 0.2) is 0 Å². The average molecular weight is 298 g/mol. The first kappa shape index (κ1) is 15.2. The summed E-state index contributed by atoms with van der Waals surface area (Å²) in [6, 6.07) is 12.2. The lowest BCUT2D eigenvalue weighted by atomic mass is 10.2. The van der Waals surface area contributed by atoms with Crippen LogP contribution in [0.15, 0.2) is 48.8 Å². The number of amidine groups is 1. The van der Waals surface area contributed by atoms with E-state index in [1.54, 1.807) is 24.3 Å². The van der Waals surface area contributed by atoms with E-state index in [4.69, 9.17) is 10.1 Å². The number of carbonyl (C=O) groups excluding carboxylic acids is 2. The molecule has 2 N–H and O–H groups in total. The van der Waals surface area contributed by atoms with E-state index >= 15 is 0 Å². The number of benzene rings is 1. The molecule has 7 nitrogen and oxygen atoms in total. The lowest BCUT2D eigenvalue weighted by Crippen LogP contribution is -2.31. The second-order valence-corrected chi connectivity index (χ2v) is 4.01. The number of carbonyl (C=O) groups is 2. The van der Waals surface area contributed by atoms with Crippen molar-refractivity contribution in [3.63, 3.8) is 0 Å². The van der Waals surface area contributed by atoms with Gasteiger partial charge in [-0.1, -0.05) is 24.3 Å². The van der Waals surface area contributed by atoms with Crippen LogP contribution in [0.1, 0.15) is 15.9 Å². The molecule has 111 valence electrons.